The maximum absolute atomic E-state index is 12.8. The number of sulfonamides is 1. The maximum Gasteiger partial charge on any atom is 0.321 e. The lowest BCUT2D eigenvalue weighted by Gasteiger charge is -2.15. The third-order valence-corrected chi connectivity index (χ3v) is 8.59. The fraction of sp³-hybridized carbons (Fsp3) is 0.346. The Morgan fingerprint density at radius 2 is 1.54 bits per heavy atom. The summed E-state index contributed by atoms with van der Waals surface area (Å²) in [6, 6.07) is 17.2. The molecule has 3 rings (SSSR count). The average Bonchev–Trinajstić information content (AvgIpc) is 3.36. The summed E-state index contributed by atoms with van der Waals surface area (Å²) in [5, 5.41) is 15.0. The van der Waals surface area contributed by atoms with Crippen LogP contribution in [0.25, 0.3) is 11.1 Å². The second-order valence-electron chi connectivity index (χ2n) is 8.33. The van der Waals surface area contributed by atoms with Crippen molar-refractivity contribution in [1.29, 1.82) is 0 Å². The topological polar surface area (TPSA) is 95.5 Å². The lowest BCUT2D eigenvalue weighted by Crippen LogP contribution is -2.40. The van der Waals surface area contributed by atoms with Gasteiger partial charge in [-0.05, 0) is 92.0 Å². The fourth-order valence-electron chi connectivity index (χ4n) is 3.68. The number of unbranched alkanes of at least 4 members (excludes halogenated alkanes) is 2. The van der Waals surface area contributed by atoms with E-state index in [0.29, 0.717) is 6.42 Å². The normalized spacial score (nSPS) is 12.5. The number of nitrogens with one attached hydrogen (secondary N) is 2. The number of carbonyl (C=O) groups is 1. The highest BCUT2D eigenvalue weighted by Gasteiger charge is 2.25. The van der Waals surface area contributed by atoms with Crippen molar-refractivity contribution < 1.29 is 18.3 Å². The van der Waals surface area contributed by atoms with Crippen LogP contribution in [0.4, 0.5) is 0 Å². The van der Waals surface area contributed by atoms with E-state index in [4.69, 9.17) is 0 Å². The third-order valence-electron chi connectivity index (χ3n) is 5.64. The van der Waals surface area contributed by atoms with Gasteiger partial charge in [-0.1, -0.05) is 52.7 Å². The maximum atomic E-state index is 12.8. The number of hydrogen-bond donors (Lipinski definition) is 3. The van der Waals surface area contributed by atoms with Gasteiger partial charge in [-0.25, -0.2) is 8.42 Å². The summed E-state index contributed by atoms with van der Waals surface area (Å²) in [6.45, 7) is 1.71. The number of hydrogen-bond acceptors (Lipinski definition) is 5. The van der Waals surface area contributed by atoms with Crippen molar-refractivity contribution in [2.75, 3.05) is 13.1 Å². The molecule has 0 amide bonds. The zero-order valence-electron chi connectivity index (χ0n) is 19.5. The van der Waals surface area contributed by atoms with Gasteiger partial charge >= 0.3 is 5.97 Å². The molecule has 1 heterocycles. The molecular weight excluding hydrogens is 548 g/mol. The SMILES string of the molecule is O=C(O)C(CCCCNCCCCc1cccs1)NS(=O)(=O)c1ccc(-c2ccc(Br)cc2)cc1. The molecule has 0 aliphatic heterocycles. The van der Waals surface area contributed by atoms with Crippen molar-refractivity contribution in [2.45, 2.75) is 49.5 Å². The van der Waals surface area contributed by atoms with E-state index in [1.54, 1.807) is 23.5 Å². The van der Waals surface area contributed by atoms with Gasteiger partial charge in [0.05, 0.1) is 4.90 Å². The van der Waals surface area contributed by atoms with Crippen LogP contribution in [0.3, 0.4) is 0 Å². The predicted octanol–water partition coefficient (Wildman–Crippen LogP) is 5.69. The predicted molar refractivity (Wildman–Crippen MR) is 145 cm³/mol. The van der Waals surface area contributed by atoms with Gasteiger partial charge in [0.25, 0.3) is 0 Å². The highest BCUT2D eigenvalue weighted by molar-refractivity contribution is 9.10. The standard InChI is InChI=1S/C26H31BrN2O4S2/c27-22-13-9-20(10-14-22)21-11-15-24(16-12-21)35(32,33)29-25(26(30)31)8-2-4-18-28-17-3-1-6-23-7-5-19-34-23/h5,7,9-16,19,25,28-29H,1-4,6,8,17-18H2,(H,30,31). The van der Waals surface area contributed by atoms with E-state index in [1.807, 2.05) is 24.3 Å². The lowest BCUT2D eigenvalue weighted by atomic mass is 10.1. The molecule has 35 heavy (non-hydrogen) atoms. The number of thiophene rings is 1. The molecule has 0 spiro atoms. The van der Waals surface area contributed by atoms with Crippen molar-refractivity contribution in [3.63, 3.8) is 0 Å². The van der Waals surface area contributed by atoms with Gasteiger partial charge in [-0.15, -0.1) is 11.3 Å². The largest absolute Gasteiger partial charge is 0.480 e. The van der Waals surface area contributed by atoms with Crippen LogP contribution < -0.4 is 10.0 Å². The molecule has 1 atom stereocenters. The van der Waals surface area contributed by atoms with Crippen molar-refractivity contribution >= 4 is 43.3 Å². The lowest BCUT2D eigenvalue weighted by molar-refractivity contribution is -0.139. The minimum Gasteiger partial charge on any atom is -0.480 e. The van der Waals surface area contributed by atoms with Gasteiger partial charge in [-0.3, -0.25) is 4.79 Å². The first-order valence-electron chi connectivity index (χ1n) is 11.7. The molecule has 9 heteroatoms. The monoisotopic (exact) mass is 578 g/mol. The van der Waals surface area contributed by atoms with Crippen LogP contribution >= 0.6 is 27.3 Å². The molecule has 0 bridgehead atoms. The Hall–Kier alpha value is -2.04. The Morgan fingerprint density at radius 3 is 2.14 bits per heavy atom. The summed E-state index contributed by atoms with van der Waals surface area (Å²) in [5.74, 6) is -1.17. The molecule has 2 aromatic carbocycles. The minimum atomic E-state index is -3.94. The van der Waals surface area contributed by atoms with Crippen molar-refractivity contribution in [3.8, 4) is 11.1 Å². The van der Waals surface area contributed by atoms with Crippen LogP contribution in [0.1, 0.15) is 37.0 Å². The second kappa shape index (κ2) is 13.9. The number of carboxylic acids is 1. The Bertz CT molecular complexity index is 1150. The molecule has 6 nitrogen and oxygen atoms in total. The second-order valence-corrected chi connectivity index (χ2v) is 12.0. The van der Waals surface area contributed by atoms with E-state index in [2.05, 4.69) is 43.5 Å². The van der Waals surface area contributed by atoms with Gasteiger partial charge < -0.3 is 10.4 Å². The van der Waals surface area contributed by atoms with Crippen LogP contribution in [0.2, 0.25) is 0 Å². The molecule has 0 radical (unpaired) electrons. The fourth-order valence-corrected chi connectivity index (χ4v) is 5.92. The zero-order valence-corrected chi connectivity index (χ0v) is 22.7. The Morgan fingerprint density at radius 1 is 0.914 bits per heavy atom. The first-order valence-corrected chi connectivity index (χ1v) is 14.8. The van der Waals surface area contributed by atoms with Gasteiger partial charge in [0.1, 0.15) is 6.04 Å². The van der Waals surface area contributed by atoms with Gasteiger partial charge in [0, 0.05) is 9.35 Å². The molecule has 0 saturated heterocycles. The average molecular weight is 580 g/mol. The Balaban J connectivity index is 1.40. The molecule has 1 aromatic heterocycles. The number of aryl methyl sites for hydroxylation is 1. The summed E-state index contributed by atoms with van der Waals surface area (Å²) in [6.07, 6.45) is 4.98. The zero-order chi connectivity index (χ0) is 25.1. The summed E-state index contributed by atoms with van der Waals surface area (Å²) >= 11 is 5.18. The molecule has 0 saturated carbocycles. The van der Waals surface area contributed by atoms with Gasteiger partial charge in [0.2, 0.25) is 10.0 Å². The van der Waals surface area contributed by atoms with Crippen LogP contribution in [0.5, 0.6) is 0 Å². The first kappa shape index (κ1) is 27.5. The van der Waals surface area contributed by atoms with E-state index < -0.39 is 22.0 Å². The van der Waals surface area contributed by atoms with E-state index in [1.165, 1.54) is 17.0 Å². The first-order chi connectivity index (χ1) is 16.8. The van der Waals surface area contributed by atoms with Crippen LogP contribution in [-0.2, 0) is 21.2 Å². The molecule has 0 aliphatic rings. The van der Waals surface area contributed by atoms with Crippen LogP contribution in [0.15, 0.2) is 75.4 Å². The molecule has 1 unspecified atom stereocenters. The summed E-state index contributed by atoms with van der Waals surface area (Å²) in [5.41, 5.74) is 1.84. The molecular formula is C26H31BrN2O4S2. The Kier molecular flexibility index (Phi) is 10.9. The van der Waals surface area contributed by atoms with E-state index >= 15 is 0 Å². The van der Waals surface area contributed by atoms with Crippen molar-refractivity contribution in [2.24, 2.45) is 0 Å². The number of rotatable bonds is 15. The van der Waals surface area contributed by atoms with E-state index in [-0.39, 0.29) is 11.3 Å². The van der Waals surface area contributed by atoms with Gasteiger partial charge in [0.15, 0.2) is 0 Å². The smallest absolute Gasteiger partial charge is 0.321 e. The van der Waals surface area contributed by atoms with Crippen molar-refractivity contribution in [3.05, 3.63) is 75.4 Å². The van der Waals surface area contributed by atoms with Crippen LogP contribution in [-0.4, -0.2) is 38.6 Å². The highest BCUT2D eigenvalue weighted by Crippen LogP contribution is 2.23. The molecule has 0 fully saturated rings. The number of benzene rings is 2. The quantitative estimate of drug-likeness (QED) is 0.201. The molecule has 3 aromatic rings. The minimum absolute atomic E-state index is 0.0498. The summed E-state index contributed by atoms with van der Waals surface area (Å²) < 4.78 is 28.9. The Labute approximate surface area is 220 Å². The van der Waals surface area contributed by atoms with E-state index in [9.17, 15) is 18.3 Å². The molecule has 188 valence electrons. The van der Waals surface area contributed by atoms with Crippen molar-refractivity contribution in [1.82, 2.24) is 10.0 Å². The highest BCUT2D eigenvalue weighted by atomic mass is 79.9. The number of halogens is 1. The van der Waals surface area contributed by atoms with Crippen LogP contribution in [0, 0.1) is 0 Å². The number of carboxylic acid groups (broad SMARTS) is 1. The third kappa shape index (κ3) is 9.16. The van der Waals surface area contributed by atoms with Gasteiger partial charge in [-0.2, -0.15) is 4.72 Å². The van der Waals surface area contributed by atoms with E-state index in [0.717, 1.165) is 54.4 Å². The summed E-state index contributed by atoms with van der Waals surface area (Å²) in [4.78, 5) is 13.1. The number of aliphatic carboxylic acids is 1. The molecule has 0 aliphatic carbocycles. The molecule has 3 N–H and O–H groups in total. The summed E-state index contributed by atoms with van der Waals surface area (Å²) in [7, 11) is -3.94.